The lowest BCUT2D eigenvalue weighted by Gasteiger charge is -2.05. The molecule has 0 atom stereocenters. The maximum Gasteiger partial charge on any atom is 0.315 e. The topological polar surface area (TPSA) is 105 Å². The predicted molar refractivity (Wildman–Crippen MR) is 93.0 cm³/mol. The fourth-order valence-corrected chi connectivity index (χ4v) is 2.54. The maximum atomic E-state index is 12.4. The Kier molecular flexibility index (Phi) is 4.21. The number of phenolic OH excluding ortho intramolecular Hbond substituents is 1. The molecule has 0 fully saturated rings. The molecule has 2 aromatic carbocycles. The first kappa shape index (κ1) is 16.3. The second kappa shape index (κ2) is 6.48. The summed E-state index contributed by atoms with van der Waals surface area (Å²) in [5.41, 5.74) is 1.24. The lowest BCUT2D eigenvalue weighted by atomic mass is 10.1. The summed E-state index contributed by atoms with van der Waals surface area (Å²) in [7, 11) is 1.30. The molecule has 126 valence electrons. The molecule has 3 rings (SSSR count). The molecule has 1 heterocycles. The molecule has 2 N–H and O–H groups in total. The minimum absolute atomic E-state index is 0.0339. The molecule has 7 nitrogen and oxygen atoms in total. The Labute approximate surface area is 142 Å². The summed E-state index contributed by atoms with van der Waals surface area (Å²) in [6.07, 6.45) is 4.39. The lowest BCUT2D eigenvalue weighted by Crippen LogP contribution is -1.94. The normalized spacial score (nSPS) is 11.1. The van der Waals surface area contributed by atoms with Crippen LogP contribution in [0.25, 0.3) is 17.0 Å². The van der Waals surface area contributed by atoms with Crippen molar-refractivity contribution in [2.24, 2.45) is 0 Å². The standard InChI is InChI=1S/C18H14N2O5/c1-25-17-9-11(8-15(18(17)22)20(23)24)6-7-16(21)13-10-19-14-5-3-2-4-12(13)14/h2-10,19,22H,1H3/b7-6+. The van der Waals surface area contributed by atoms with Gasteiger partial charge in [0.15, 0.2) is 11.5 Å². The molecule has 0 radical (unpaired) electrons. The summed E-state index contributed by atoms with van der Waals surface area (Å²) in [6.45, 7) is 0. The van der Waals surface area contributed by atoms with E-state index in [9.17, 15) is 20.0 Å². The van der Waals surface area contributed by atoms with Crippen LogP contribution < -0.4 is 4.74 Å². The molecule has 0 bridgehead atoms. The minimum Gasteiger partial charge on any atom is -0.500 e. The van der Waals surface area contributed by atoms with Gasteiger partial charge in [-0.2, -0.15) is 0 Å². The first-order valence-electron chi connectivity index (χ1n) is 7.35. The third-order valence-corrected chi connectivity index (χ3v) is 3.78. The number of carbonyl (C=O) groups excluding carboxylic acids is 1. The molecule has 0 aliphatic carbocycles. The minimum atomic E-state index is -0.712. The highest BCUT2D eigenvalue weighted by Crippen LogP contribution is 2.37. The number of hydrogen-bond acceptors (Lipinski definition) is 5. The number of H-pyrrole nitrogens is 1. The molecular formula is C18H14N2O5. The number of nitro benzene ring substituents is 1. The van der Waals surface area contributed by atoms with Crippen LogP contribution in [0, 0.1) is 10.1 Å². The Bertz CT molecular complexity index is 1000. The van der Waals surface area contributed by atoms with Gasteiger partial charge in [-0.15, -0.1) is 0 Å². The highest BCUT2D eigenvalue weighted by molar-refractivity contribution is 6.14. The van der Waals surface area contributed by atoms with Gasteiger partial charge in [-0.1, -0.05) is 24.3 Å². The van der Waals surface area contributed by atoms with Gasteiger partial charge in [0.1, 0.15) is 0 Å². The molecule has 0 aliphatic rings. The van der Waals surface area contributed by atoms with Crippen LogP contribution >= 0.6 is 0 Å². The Morgan fingerprint density at radius 2 is 2.08 bits per heavy atom. The molecule has 0 saturated heterocycles. The van der Waals surface area contributed by atoms with Crippen LogP contribution in [0.15, 0.2) is 48.7 Å². The molecule has 7 heteroatoms. The van der Waals surface area contributed by atoms with Crippen molar-refractivity contribution in [3.05, 3.63) is 69.9 Å². The molecule has 0 aliphatic heterocycles. The highest BCUT2D eigenvalue weighted by atomic mass is 16.6. The molecule has 0 amide bonds. The van der Waals surface area contributed by atoms with E-state index in [4.69, 9.17) is 4.74 Å². The zero-order chi connectivity index (χ0) is 18.0. The second-order valence-corrected chi connectivity index (χ2v) is 5.29. The van der Waals surface area contributed by atoms with Crippen LogP contribution in [0.4, 0.5) is 5.69 Å². The Balaban J connectivity index is 1.95. The van der Waals surface area contributed by atoms with Gasteiger partial charge in [-0.3, -0.25) is 14.9 Å². The van der Waals surface area contributed by atoms with Crippen LogP contribution in [0.1, 0.15) is 15.9 Å². The summed E-state index contributed by atoms with van der Waals surface area (Å²) in [5, 5.41) is 21.6. The molecule has 3 aromatic rings. The van der Waals surface area contributed by atoms with Crippen LogP contribution in [-0.2, 0) is 0 Å². The van der Waals surface area contributed by atoms with Gasteiger partial charge in [0.2, 0.25) is 5.75 Å². The zero-order valence-corrected chi connectivity index (χ0v) is 13.2. The van der Waals surface area contributed by atoms with E-state index in [2.05, 4.69) is 4.98 Å². The number of para-hydroxylation sites is 1. The van der Waals surface area contributed by atoms with Crippen molar-refractivity contribution in [3.8, 4) is 11.5 Å². The molecule has 0 unspecified atom stereocenters. The number of allylic oxidation sites excluding steroid dienone is 1. The van der Waals surface area contributed by atoms with Crippen LogP contribution in [-0.4, -0.2) is 27.9 Å². The van der Waals surface area contributed by atoms with E-state index in [0.717, 1.165) is 10.9 Å². The van der Waals surface area contributed by atoms with E-state index in [-0.39, 0.29) is 11.5 Å². The first-order chi connectivity index (χ1) is 12.0. The molecule has 1 aromatic heterocycles. The number of methoxy groups -OCH3 is 1. The van der Waals surface area contributed by atoms with Gasteiger partial charge in [-0.05, 0) is 23.8 Å². The number of rotatable bonds is 5. The number of benzene rings is 2. The zero-order valence-electron chi connectivity index (χ0n) is 13.2. The summed E-state index contributed by atoms with van der Waals surface area (Å²) < 4.78 is 4.93. The fourth-order valence-electron chi connectivity index (χ4n) is 2.54. The summed E-state index contributed by atoms with van der Waals surface area (Å²) in [4.78, 5) is 25.7. The van der Waals surface area contributed by atoms with Crippen molar-refractivity contribution in [2.45, 2.75) is 0 Å². The van der Waals surface area contributed by atoms with Crippen molar-refractivity contribution in [2.75, 3.05) is 7.11 Å². The number of nitrogens with one attached hydrogen (secondary N) is 1. The van der Waals surface area contributed by atoms with E-state index >= 15 is 0 Å². The van der Waals surface area contributed by atoms with E-state index in [0.29, 0.717) is 11.1 Å². The second-order valence-electron chi connectivity index (χ2n) is 5.29. The van der Waals surface area contributed by atoms with Gasteiger partial charge < -0.3 is 14.8 Å². The average Bonchev–Trinajstić information content (AvgIpc) is 3.04. The van der Waals surface area contributed by atoms with E-state index in [1.807, 2.05) is 24.3 Å². The number of nitro groups is 1. The van der Waals surface area contributed by atoms with Gasteiger partial charge in [0.25, 0.3) is 0 Å². The van der Waals surface area contributed by atoms with Gasteiger partial charge in [0.05, 0.1) is 12.0 Å². The summed E-state index contributed by atoms with van der Waals surface area (Å²) >= 11 is 0. The maximum absolute atomic E-state index is 12.4. The monoisotopic (exact) mass is 338 g/mol. The summed E-state index contributed by atoms with van der Waals surface area (Å²) in [6, 6.07) is 10.00. The first-order valence-corrected chi connectivity index (χ1v) is 7.35. The number of fused-ring (bicyclic) bond motifs is 1. The van der Waals surface area contributed by atoms with Gasteiger partial charge in [-0.25, -0.2) is 0 Å². The Hall–Kier alpha value is -3.61. The quantitative estimate of drug-likeness (QED) is 0.319. The summed E-state index contributed by atoms with van der Waals surface area (Å²) in [5.74, 6) is -0.826. The largest absolute Gasteiger partial charge is 0.500 e. The van der Waals surface area contributed by atoms with E-state index in [1.165, 1.54) is 31.4 Å². The number of ketones is 1. The van der Waals surface area contributed by atoms with Crippen LogP contribution in [0.2, 0.25) is 0 Å². The van der Waals surface area contributed by atoms with Crippen molar-refractivity contribution in [3.63, 3.8) is 0 Å². The van der Waals surface area contributed by atoms with Crippen molar-refractivity contribution >= 4 is 28.4 Å². The van der Waals surface area contributed by atoms with Crippen molar-refractivity contribution < 1.29 is 19.6 Å². The van der Waals surface area contributed by atoms with Crippen molar-refractivity contribution in [1.29, 1.82) is 0 Å². The van der Waals surface area contributed by atoms with Crippen LogP contribution in [0.3, 0.4) is 0 Å². The van der Waals surface area contributed by atoms with E-state index < -0.39 is 16.4 Å². The molecular weight excluding hydrogens is 324 g/mol. The fraction of sp³-hybridized carbons (Fsp3) is 0.0556. The highest BCUT2D eigenvalue weighted by Gasteiger charge is 2.19. The van der Waals surface area contributed by atoms with E-state index in [1.54, 1.807) is 6.20 Å². The van der Waals surface area contributed by atoms with Crippen molar-refractivity contribution in [1.82, 2.24) is 4.98 Å². The predicted octanol–water partition coefficient (Wildman–Crippen LogP) is 3.69. The third kappa shape index (κ3) is 3.07. The number of aromatic amines is 1. The Morgan fingerprint density at radius 3 is 2.80 bits per heavy atom. The number of carbonyl (C=O) groups is 1. The van der Waals surface area contributed by atoms with Gasteiger partial charge in [0, 0.05) is 28.7 Å². The molecule has 0 spiro atoms. The number of ether oxygens (including phenoxy) is 1. The smallest absolute Gasteiger partial charge is 0.315 e. The number of hydrogen-bond donors (Lipinski definition) is 2. The SMILES string of the molecule is COc1cc(/C=C/C(=O)c2c[nH]c3ccccc23)cc([N+](=O)[O-])c1O. The van der Waals surface area contributed by atoms with Gasteiger partial charge >= 0.3 is 5.69 Å². The number of phenols is 1. The van der Waals surface area contributed by atoms with Crippen LogP contribution in [0.5, 0.6) is 11.5 Å². The molecule has 0 saturated carbocycles. The third-order valence-electron chi connectivity index (χ3n) is 3.78. The Morgan fingerprint density at radius 1 is 1.32 bits per heavy atom. The number of aromatic hydroxyl groups is 1. The lowest BCUT2D eigenvalue weighted by molar-refractivity contribution is -0.386. The molecule has 25 heavy (non-hydrogen) atoms. The average molecular weight is 338 g/mol. The number of nitrogens with zero attached hydrogens (tertiary/aromatic N) is 1. The number of aromatic nitrogens is 1.